The summed E-state index contributed by atoms with van der Waals surface area (Å²) in [7, 11) is 0. The quantitative estimate of drug-likeness (QED) is 0.314. The highest BCUT2D eigenvalue weighted by atomic mass is 35.5. The van der Waals surface area contributed by atoms with Crippen LogP contribution in [0.1, 0.15) is 22.6 Å². The summed E-state index contributed by atoms with van der Waals surface area (Å²) in [6.45, 7) is 4.10. The van der Waals surface area contributed by atoms with Crippen molar-refractivity contribution in [3.63, 3.8) is 0 Å². The Morgan fingerprint density at radius 1 is 1.06 bits per heavy atom. The maximum absolute atomic E-state index is 13.7. The molecule has 0 aliphatic rings. The van der Waals surface area contributed by atoms with E-state index < -0.39 is 0 Å². The zero-order chi connectivity index (χ0) is 25.4. The van der Waals surface area contributed by atoms with Crippen LogP contribution in [0.25, 0.3) is 21.9 Å². The van der Waals surface area contributed by atoms with Gasteiger partial charge in [0.25, 0.3) is 5.56 Å². The number of hydrogen-bond acceptors (Lipinski definition) is 5. The Balaban J connectivity index is 1.48. The minimum atomic E-state index is -0.261. The maximum Gasteiger partial charge on any atom is 0.268 e. The van der Waals surface area contributed by atoms with Crippen molar-refractivity contribution in [2.75, 3.05) is 0 Å². The average molecular weight is 538 g/mol. The van der Waals surface area contributed by atoms with Crippen LogP contribution in [0, 0.1) is 13.8 Å². The van der Waals surface area contributed by atoms with Crippen LogP contribution >= 0.6 is 34.5 Å². The molecule has 0 unspecified atom stereocenters. The van der Waals surface area contributed by atoms with E-state index in [1.54, 1.807) is 29.1 Å². The number of rotatable bonds is 6. The second kappa shape index (κ2) is 9.89. The molecule has 0 aliphatic carbocycles. The molecule has 3 heterocycles. The summed E-state index contributed by atoms with van der Waals surface area (Å²) in [4.78, 5) is 31.5. The number of carbonyl (C=O) groups is 1. The molecule has 0 fully saturated rings. The molecular formula is C26H21Cl2N5O2S. The molecule has 0 radical (unpaired) electrons. The van der Waals surface area contributed by atoms with Gasteiger partial charge in [0.2, 0.25) is 5.91 Å². The van der Waals surface area contributed by atoms with Gasteiger partial charge < -0.3 is 5.32 Å². The van der Waals surface area contributed by atoms with Gasteiger partial charge in [0.05, 0.1) is 33.4 Å². The average Bonchev–Trinajstić information content (AvgIpc) is 3.43. The van der Waals surface area contributed by atoms with Crippen LogP contribution in [0.3, 0.4) is 0 Å². The third kappa shape index (κ3) is 4.67. The van der Waals surface area contributed by atoms with Gasteiger partial charge in [-0.3, -0.25) is 14.0 Å². The molecule has 1 N–H and O–H groups in total. The minimum Gasteiger partial charge on any atom is -0.352 e. The number of hydrogen-bond donors (Lipinski definition) is 1. The lowest BCUT2D eigenvalue weighted by atomic mass is 10.1. The largest absolute Gasteiger partial charge is 0.352 e. The molecule has 182 valence electrons. The van der Waals surface area contributed by atoms with Crippen LogP contribution in [-0.4, -0.2) is 25.1 Å². The third-order valence-electron chi connectivity index (χ3n) is 5.79. The Labute approximate surface area is 221 Å². The number of amides is 1. The summed E-state index contributed by atoms with van der Waals surface area (Å²) in [5.74, 6) is -0.174. The Hall–Kier alpha value is -3.46. The van der Waals surface area contributed by atoms with Crippen molar-refractivity contribution in [1.82, 2.24) is 24.5 Å². The van der Waals surface area contributed by atoms with Crippen molar-refractivity contribution in [1.29, 1.82) is 0 Å². The van der Waals surface area contributed by atoms with Gasteiger partial charge in [0.15, 0.2) is 4.96 Å². The van der Waals surface area contributed by atoms with E-state index in [0.717, 1.165) is 16.9 Å². The van der Waals surface area contributed by atoms with E-state index in [1.165, 1.54) is 15.7 Å². The molecule has 5 aromatic rings. The van der Waals surface area contributed by atoms with Gasteiger partial charge in [0.1, 0.15) is 5.69 Å². The first-order valence-corrected chi connectivity index (χ1v) is 12.8. The molecule has 1 amide bonds. The number of nitrogens with zero attached hydrogens (tertiary/aromatic N) is 4. The number of thiazole rings is 1. The zero-order valence-electron chi connectivity index (χ0n) is 19.5. The number of aromatic nitrogens is 4. The van der Waals surface area contributed by atoms with Crippen LogP contribution in [-0.2, 0) is 17.8 Å². The van der Waals surface area contributed by atoms with E-state index in [2.05, 4.69) is 15.4 Å². The molecule has 2 aromatic carbocycles. The second-order valence-electron chi connectivity index (χ2n) is 8.34. The van der Waals surface area contributed by atoms with Crippen molar-refractivity contribution in [2.45, 2.75) is 26.8 Å². The summed E-state index contributed by atoms with van der Waals surface area (Å²) in [5.41, 5.74) is 4.33. The summed E-state index contributed by atoms with van der Waals surface area (Å²) in [6.07, 6.45) is 0.0632. The summed E-state index contributed by atoms with van der Waals surface area (Å²) in [5, 5.41) is 10.3. The van der Waals surface area contributed by atoms with Gasteiger partial charge in [0, 0.05) is 23.3 Å². The van der Waals surface area contributed by atoms with E-state index in [9.17, 15) is 9.59 Å². The highest BCUT2D eigenvalue weighted by molar-refractivity contribution is 7.15. The van der Waals surface area contributed by atoms with Gasteiger partial charge >= 0.3 is 0 Å². The molecular weight excluding hydrogens is 517 g/mol. The topological polar surface area (TPSA) is 81.3 Å². The fourth-order valence-electron chi connectivity index (χ4n) is 4.02. The lowest BCUT2D eigenvalue weighted by Gasteiger charge is -2.07. The molecule has 3 aromatic heterocycles. The lowest BCUT2D eigenvalue weighted by Crippen LogP contribution is -2.27. The monoisotopic (exact) mass is 537 g/mol. The number of carbonyl (C=O) groups excluding carboxylic acids is 1. The molecule has 5 rings (SSSR count). The standard InChI is InChI=1S/C26H21Cl2N5O2S/c1-15-10-22(31-33(15)18-8-9-20(27)21(28)11-18)24-16(2)30-26-32(25(24)35)19(14-36-26)12-23(34)29-13-17-6-4-3-5-7-17/h3-11,14H,12-13H2,1-2H3,(H,29,34). The van der Waals surface area contributed by atoms with Crippen molar-refractivity contribution < 1.29 is 4.79 Å². The van der Waals surface area contributed by atoms with Gasteiger partial charge in [-0.2, -0.15) is 5.10 Å². The third-order valence-corrected chi connectivity index (χ3v) is 7.40. The molecule has 0 spiro atoms. The van der Waals surface area contributed by atoms with Gasteiger partial charge in [-0.25, -0.2) is 9.67 Å². The van der Waals surface area contributed by atoms with Crippen molar-refractivity contribution in [3.05, 3.63) is 103 Å². The molecule has 10 heteroatoms. The van der Waals surface area contributed by atoms with Crippen LogP contribution in [0.2, 0.25) is 10.0 Å². The van der Waals surface area contributed by atoms with Gasteiger partial charge in [-0.05, 0) is 43.7 Å². The first-order chi connectivity index (χ1) is 17.3. The van der Waals surface area contributed by atoms with Crippen LogP contribution in [0.15, 0.2) is 64.8 Å². The minimum absolute atomic E-state index is 0.0632. The van der Waals surface area contributed by atoms with E-state index in [-0.39, 0.29) is 17.9 Å². The highest BCUT2D eigenvalue weighted by Gasteiger charge is 2.20. The number of nitrogens with one attached hydrogen (secondary N) is 1. The molecule has 0 saturated heterocycles. The van der Waals surface area contributed by atoms with Crippen molar-refractivity contribution >= 4 is 45.4 Å². The maximum atomic E-state index is 13.7. The molecule has 0 atom stereocenters. The smallest absolute Gasteiger partial charge is 0.268 e. The first-order valence-electron chi connectivity index (χ1n) is 11.1. The number of halogens is 2. The molecule has 0 bridgehead atoms. The second-order valence-corrected chi connectivity index (χ2v) is 9.99. The Kier molecular flexibility index (Phi) is 6.66. The predicted octanol–water partition coefficient (Wildman–Crippen LogP) is 5.39. The number of aryl methyl sites for hydroxylation is 2. The molecule has 0 saturated carbocycles. The number of fused-ring (bicyclic) bond motifs is 1. The Bertz CT molecular complexity index is 1660. The van der Waals surface area contributed by atoms with Crippen LogP contribution in [0.4, 0.5) is 0 Å². The lowest BCUT2D eigenvalue weighted by molar-refractivity contribution is -0.120. The predicted molar refractivity (Wildman–Crippen MR) is 143 cm³/mol. The summed E-state index contributed by atoms with van der Waals surface area (Å²) >= 11 is 13.6. The Morgan fingerprint density at radius 2 is 1.83 bits per heavy atom. The summed E-state index contributed by atoms with van der Waals surface area (Å²) < 4.78 is 3.21. The first kappa shape index (κ1) is 24.2. The summed E-state index contributed by atoms with van der Waals surface area (Å²) in [6, 6.07) is 16.7. The van der Waals surface area contributed by atoms with E-state index in [4.69, 9.17) is 23.2 Å². The SMILES string of the molecule is Cc1nc2scc(CC(=O)NCc3ccccc3)n2c(=O)c1-c1cc(C)n(-c2ccc(Cl)c(Cl)c2)n1. The van der Waals surface area contributed by atoms with Gasteiger partial charge in [-0.1, -0.05) is 53.5 Å². The number of benzene rings is 2. The van der Waals surface area contributed by atoms with Crippen molar-refractivity contribution in [3.8, 4) is 16.9 Å². The highest BCUT2D eigenvalue weighted by Crippen LogP contribution is 2.27. The normalized spacial score (nSPS) is 11.2. The Morgan fingerprint density at radius 3 is 2.58 bits per heavy atom. The van der Waals surface area contributed by atoms with Crippen molar-refractivity contribution in [2.24, 2.45) is 0 Å². The van der Waals surface area contributed by atoms with E-state index in [0.29, 0.717) is 44.2 Å². The van der Waals surface area contributed by atoms with E-state index in [1.807, 2.05) is 49.4 Å². The van der Waals surface area contributed by atoms with E-state index >= 15 is 0 Å². The van der Waals surface area contributed by atoms with Gasteiger partial charge in [-0.15, -0.1) is 11.3 Å². The molecule has 36 heavy (non-hydrogen) atoms. The fourth-order valence-corrected chi connectivity index (χ4v) is 5.24. The zero-order valence-corrected chi connectivity index (χ0v) is 21.8. The van der Waals surface area contributed by atoms with Crippen LogP contribution < -0.4 is 10.9 Å². The molecule has 7 nitrogen and oxygen atoms in total. The fraction of sp³-hybridized carbons (Fsp3) is 0.154. The van der Waals surface area contributed by atoms with Crippen LogP contribution in [0.5, 0.6) is 0 Å². The molecule has 0 aliphatic heterocycles.